The Hall–Kier alpha value is -5.73. The summed E-state index contributed by atoms with van der Waals surface area (Å²) in [6.07, 6.45) is -1.94. The van der Waals surface area contributed by atoms with Crippen molar-refractivity contribution >= 4 is 35.9 Å². The number of hydrogen-bond donors (Lipinski definition) is 1. The predicted molar refractivity (Wildman–Crippen MR) is 167 cm³/mol. The van der Waals surface area contributed by atoms with Gasteiger partial charge in [0.15, 0.2) is 6.61 Å². The number of rotatable bonds is 9. The van der Waals surface area contributed by atoms with Gasteiger partial charge in [-0.05, 0) is 83.8 Å². The minimum absolute atomic E-state index is 0.174. The molecule has 2 aromatic carbocycles. The fourth-order valence-corrected chi connectivity index (χ4v) is 3.53. The second-order valence-electron chi connectivity index (χ2n) is 11.8. The first kappa shape index (κ1) is 35.7. The zero-order valence-corrected chi connectivity index (χ0v) is 27.0. The summed E-state index contributed by atoms with van der Waals surface area (Å²) in [4.78, 5) is 66.5. The van der Waals surface area contributed by atoms with Gasteiger partial charge in [-0.25, -0.2) is 29.2 Å². The number of nitrogens with zero attached hydrogens (tertiary/aromatic N) is 6. The molecule has 0 saturated heterocycles. The average Bonchev–Trinajstić information content (AvgIpc) is 2.96. The van der Waals surface area contributed by atoms with Crippen molar-refractivity contribution in [1.82, 2.24) is 15.0 Å². The van der Waals surface area contributed by atoms with E-state index in [1.54, 1.807) is 77.9 Å². The van der Waals surface area contributed by atoms with Gasteiger partial charge in [0, 0.05) is 22.4 Å². The van der Waals surface area contributed by atoms with Crippen LogP contribution in [0.2, 0.25) is 0 Å². The third-order valence-electron chi connectivity index (χ3n) is 5.42. The Morgan fingerprint density at radius 2 is 1.57 bits per heavy atom. The maximum Gasteiger partial charge on any atom is 0.514 e. The SMILES string of the molecule is Cc1ccc(OC(=O)OCc2ccc(N=[N+]=[N-])c(-c3ccnc(NC(=O)CON(C(=O)OC(C)(C)C)C(=O)OC(C)(C)C)n3)c2)cc1. The van der Waals surface area contributed by atoms with Gasteiger partial charge in [-0.15, -0.1) is 0 Å². The number of imide groups is 1. The van der Waals surface area contributed by atoms with Crippen molar-refractivity contribution in [2.24, 2.45) is 5.11 Å². The summed E-state index contributed by atoms with van der Waals surface area (Å²) >= 11 is 0. The zero-order chi connectivity index (χ0) is 34.8. The van der Waals surface area contributed by atoms with Crippen LogP contribution in [0.15, 0.2) is 59.8 Å². The third-order valence-corrected chi connectivity index (χ3v) is 5.42. The molecule has 1 N–H and O–H groups in total. The van der Waals surface area contributed by atoms with Gasteiger partial charge in [0.1, 0.15) is 23.6 Å². The van der Waals surface area contributed by atoms with Crippen LogP contribution in [0.1, 0.15) is 52.7 Å². The number of benzene rings is 2. The second-order valence-corrected chi connectivity index (χ2v) is 11.8. The van der Waals surface area contributed by atoms with E-state index in [1.165, 1.54) is 18.3 Å². The number of hydrogen-bond acceptors (Lipinski definition) is 12. The predicted octanol–water partition coefficient (Wildman–Crippen LogP) is 7.15. The highest BCUT2D eigenvalue weighted by atomic mass is 16.8. The Morgan fingerprint density at radius 1 is 0.936 bits per heavy atom. The monoisotopic (exact) mass is 649 g/mol. The molecule has 0 aliphatic rings. The van der Waals surface area contributed by atoms with Crippen molar-refractivity contribution in [3.63, 3.8) is 0 Å². The molecule has 0 atom stereocenters. The van der Waals surface area contributed by atoms with Crippen LogP contribution >= 0.6 is 0 Å². The molecule has 0 unspecified atom stereocenters. The molecule has 16 nitrogen and oxygen atoms in total. The summed E-state index contributed by atoms with van der Waals surface area (Å²) in [5.74, 6) is -0.681. The van der Waals surface area contributed by atoms with Crippen LogP contribution in [-0.2, 0) is 30.4 Å². The van der Waals surface area contributed by atoms with Crippen LogP contribution in [0.5, 0.6) is 5.75 Å². The highest BCUT2D eigenvalue weighted by molar-refractivity contribution is 5.91. The molecule has 47 heavy (non-hydrogen) atoms. The van der Waals surface area contributed by atoms with Gasteiger partial charge in [0.2, 0.25) is 5.95 Å². The molecule has 0 bridgehead atoms. The molecule has 0 fully saturated rings. The topological polar surface area (TPSA) is 204 Å². The van der Waals surface area contributed by atoms with E-state index in [4.69, 9.17) is 29.3 Å². The number of aromatic nitrogens is 2. The summed E-state index contributed by atoms with van der Waals surface area (Å²) in [5.41, 5.74) is 9.42. The Morgan fingerprint density at radius 3 is 2.17 bits per heavy atom. The largest absolute Gasteiger partial charge is 0.514 e. The highest BCUT2D eigenvalue weighted by Crippen LogP contribution is 2.31. The van der Waals surface area contributed by atoms with Gasteiger partial charge in [-0.1, -0.05) is 40.0 Å². The molecule has 1 aromatic heterocycles. The molecule has 3 aromatic rings. The van der Waals surface area contributed by atoms with Crippen LogP contribution in [0.25, 0.3) is 21.7 Å². The van der Waals surface area contributed by atoms with E-state index in [2.05, 4.69) is 25.3 Å². The van der Waals surface area contributed by atoms with Crippen molar-refractivity contribution in [2.45, 2.75) is 66.3 Å². The van der Waals surface area contributed by atoms with E-state index < -0.39 is 42.1 Å². The molecule has 16 heteroatoms. The smallest absolute Gasteiger partial charge is 0.442 e. The molecule has 0 aliphatic carbocycles. The summed E-state index contributed by atoms with van der Waals surface area (Å²) in [6.45, 7) is 10.4. The number of hydroxylamine groups is 2. The van der Waals surface area contributed by atoms with Crippen molar-refractivity contribution in [1.29, 1.82) is 0 Å². The molecule has 0 aliphatic heterocycles. The normalized spacial score (nSPS) is 11.0. The standard InChI is InChI=1S/C31H35N7O9/c1-19-8-11-21(12-9-19)45-29(42)43-17-20-10-13-24(36-37-32)22(16-20)23-14-15-33-26(34-23)35-25(39)18-44-38(27(40)46-30(2,3)4)28(41)47-31(5,6)7/h8-16H,17-18H2,1-7H3,(H,33,34,35,39). The third kappa shape index (κ3) is 11.9. The van der Waals surface area contributed by atoms with Crippen molar-refractivity contribution < 1.29 is 43.0 Å². The minimum atomic E-state index is -1.18. The summed E-state index contributed by atoms with van der Waals surface area (Å²) in [5, 5.41) is 6.31. The number of azide groups is 1. The van der Waals surface area contributed by atoms with Gasteiger partial charge in [0.05, 0.1) is 5.69 Å². The molecule has 1 heterocycles. The van der Waals surface area contributed by atoms with Gasteiger partial charge in [-0.2, -0.15) is 0 Å². The Kier molecular flexibility index (Phi) is 11.8. The lowest BCUT2D eigenvalue weighted by Gasteiger charge is -2.27. The number of amides is 3. The molecule has 0 radical (unpaired) electrons. The fourth-order valence-electron chi connectivity index (χ4n) is 3.53. The van der Waals surface area contributed by atoms with E-state index in [1.807, 2.05) is 6.92 Å². The molecule has 0 saturated carbocycles. The van der Waals surface area contributed by atoms with E-state index >= 15 is 0 Å². The second kappa shape index (κ2) is 15.5. The van der Waals surface area contributed by atoms with E-state index in [-0.39, 0.29) is 29.0 Å². The quantitative estimate of drug-likeness (QED) is 0.0468. The van der Waals surface area contributed by atoms with E-state index in [0.29, 0.717) is 16.9 Å². The summed E-state index contributed by atoms with van der Waals surface area (Å²) in [7, 11) is 0. The lowest BCUT2D eigenvalue weighted by Crippen LogP contribution is -2.44. The van der Waals surface area contributed by atoms with Gasteiger partial charge in [0.25, 0.3) is 5.91 Å². The van der Waals surface area contributed by atoms with Crippen LogP contribution in [0.3, 0.4) is 0 Å². The summed E-state index contributed by atoms with van der Waals surface area (Å²) in [6, 6.07) is 13.0. The first-order chi connectivity index (χ1) is 22.0. The fraction of sp³-hybridized carbons (Fsp3) is 0.355. The number of ether oxygens (including phenoxy) is 4. The Balaban J connectivity index is 1.72. The van der Waals surface area contributed by atoms with Crippen LogP contribution < -0.4 is 10.1 Å². The van der Waals surface area contributed by atoms with Gasteiger partial charge in [-0.3, -0.25) is 10.1 Å². The zero-order valence-electron chi connectivity index (χ0n) is 27.0. The molecule has 3 amide bonds. The first-order valence-electron chi connectivity index (χ1n) is 14.1. The van der Waals surface area contributed by atoms with Crippen molar-refractivity contribution in [2.75, 3.05) is 11.9 Å². The van der Waals surface area contributed by atoms with Crippen molar-refractivity contribution in [3.8, 4) is 17.0 Å². The van der Waals surface area contributed by atoms with Crippen LogP contribution in [-0.4, -0.2) is 57.1 Å². The molecule has 3 rings (SSSR count). The minimum Gasteiger partial charge on any atom is -0.442 e. The lowest BCUT2D eigenvalue weighted by molar-refractivity contribution is -0.151. The van der Waals surface area contributed by atoms with Crippen LogP contribution in [0.4, 0.5) is 26.0 Å². The average molecular weight is 650 g/mol. The first-order valence-corrected chi connectivity index (χ1v) is 14.1. The van der Waals surface area contributed by atoms with Crippen molar-refractivity contribution in [3.05, 3.63) is 76.3 Å². The molecule has 248 valence electrons. The summed E-state index contributed by atoms with van der Waals surface area (Å²) < 4.78 is 20.8. The number of anilines is 1. The number of carbonyl (C=O) groups excluding carboxylic acids is 4. The number of carbonyl (C=O) groups is 4. The Bertz CT molecular complexity index is 1630. The van der Waals surface area contributed by atoms with E-state index in [9.17, 15) is 19.2 Å². The highest BCUT2D eigenvalue weighted by Gasteiger charge is 2.33. The van der Waals surface area contributed by atoms with E-state index in [0.717, 1.165) is 5.56 Å². The van der Waals surface area contributed by atoms with Gasteiger partial charge < -0.3 is 18.9 Å². The number of nitrogens with one attached hydrogen (secondary N) is 1. The molecular formula is C31H35N7O9. The van der Waals surface area contributed by atoms with Gasteiger partial charge >= 0.3 is 18.3 Å². The lowest BCUT2D eigenvalue weighted by atomic mass is 10.1. The van der Waals surface area contributed by atoms with Crippen LogP contribution in [0, 0.1) is 6.92 Å². The molecule has 0 spiro atoms. The Labute approximate surface area is 270 Å². The maximum atomic E-state index is 12.7. The maximum absolute atomic E-state index is 12.7. The molecular weight excluding hydrogens is 614 g/mol. The number of aryl methyl sites for hydroxylation is 1.